The second-order valence-corrected chi connectivity index (χ2v) is 5.39. The minimum absolute atomic E-state index is 0.248. The Labute approximate surface area is 110 Å². The number of rotatable bonds is 7. The van der Waals surface area contributed by atoms with E-state index < -0.39 is 6.03 Å². The third-order valence-corrected chi connectivity index (χ3v) is 2.20. The maximum Gasteiger partial charge on any atom is 0.321 e. The van der Waals surface area contributed by atoms with Crippen LogP contribution < -0.4 is 10.6 Å². The maximum atomic E-state index is 11.7. The van der Waals surface area contributed by atoms with E-state index in [0.717, 1.165) is 13.1 Å². The highest BCUT2D eigenvalue weighted by molar-refractivity contribution is 5.95. The Morgan fingerprint density at radius 1 is 1.06 bits per heavy atom. The van der Waals surface area contributed by atoms with Crippen molar-refractivity contribution in [1.82, 2.24) is 15.5 Å². The standard InChI is InChI=1S/C13H27N3O2/c1-6-14-13(18)15-12(17)9-16(7-10(2)3)8-11(4)5/h10-11H,6-9H2,1-5H3,(H2,14,15,17,18). The van der Waals surface area contributed by atoms with Gasteiger partial charge in [0.15, 0.2) is 0 Å². The van der Waals surface area contributed by atoms with Crippen LogP contribution in [0.2, 0.25) is 0 Å². The number of carbonyl (C=O) groups excluding carboxylic acids is 2. The number of urea groups is 1. The molecule has 0 atom stereocenters. The van der Waals surface area contributed by atoms with Gasteiger partial charge in [-0.05, 0) is 18.8 Å². The first kappa shape index (κ1) is 16.9. The lowest BCUT2D eigenvalue weighted by Crippen LogP contribution is -2.45. The van der Waals surface area contributed by atoms with Crippen molar-refractivity contribution in [3.05, 3.63) is 0 Å². The quantitative estimate of drug-likeness (QED) is 0.725. The zero-order chi connectivity index (χ0) is 14.1. The summed E-state index contributed by atoms with van der Waals surface area (Å²) in [6, 6.07) is -0.420. The van der Waals surface area contributed by atoms with Gasteiger partial charge in [-0.25, -0.2) is 4.79 Å². The molecule has 0 spiro atoms. The van der Waals surface area contributed by atoms with Crippen molar-refractivity contribution in [2.45, 2.75) is 34.6 Å². The molecule has 0 aliphatic rings. The van der Waals surface area contributed by atoms with Crippen LogP contribution in [0.3, 0.4) is 0 Å². The van der Waals surface area contributed by atoms with Crippen LogP contribution in [0, 0.1) is 11.8 Å². The summed E-state index contributed by atoms with van der Waals surface area (Å²) in [7, 11) is 0. The predicted molar refractivity (Wildman–Crippen MR) is 73.3 cm³/mol. The SMILES string of the molecule is CCNC(=O)NC(=O)CN(CC(C)C)CC(C)C. The van der Waals surface area contributed by atoms with Crippen LogP contribution in [0.5, 0.6) is 0 Å². The Kier molecular flexibility index (Phi) is 8.37. The van der Waals surface area contributed by atoms with Gasteiger partial charge in [-0.15, -0.1) is 0 Å². The predicted octanol–water partition coefficient (Wildman–Crippen LogP) is 1.45. The van der Waals surface area contributed by atoms with E-state index in [0.29, 0.717) is 18.4 Å². The number of amides is 3. The average Bonchev–Trinajstić information content (AvgIpc) is 2.14. The van der Waals surface area contributed by atoms with Crippen LogP contribution in [0.4, 0.5) is 4.79 Å². The second-order valence-electron chi connectivity index (χ2n) is 5.39. The van der Waals surface area contributed by atoms with Gasteiger partial charge in [-0.1, -0.05) is 27.7 Å². The number of hydrogen-bond acceptors (Lipinski definition) is 3. The Morgan fingerprint density at radius 2 is 1.56 bits per heavy atom. The Bertz CT molecular complexity index is 255. The van der Waals surface area contributed by atoms with Crippen molar-refractivity contribution in [1.29, 1.82) is 0 Å². The van der Waals surface area contributed by atoms with Gasteiger partial charge in [0, 0.05) is 19.6 Å². The van der Waals surface area contributed by atoms with Gasteiger partial charge < -0.3 is 5.32 Å². The second kappa shape index (κ2) is 8.91. The minimum atomic E-state index is -0.420. The molecule has 0 aliphatic heterocycles. The first-order valence-electron chi connectivity index (χ1n) is 6.65. The molecule has 0 aromatic rings. The molecule has 0 saturated heterocycles. The van der Waals surface area contributed by atoms with Gasteiger partial charge in [0.1, 0.15) is 0 Å². The fraction of sp³-hybridized carbons (Fsp3) is 0.846. The smallest absolute Gasteiger partial charge is 0.321 e. The lowest BCUT2D eigenvalue weighted by Gasteiger charge is -2.25. The zero-order valence-electron chi connectivity index (χ0n) is 12.2. The molecule has 3 amide bonds. The van der Waals surface area contributed by atoms with Gasteiger partial charge in [-0.3, -0.25) is 15.0 Å². The Balaban J connectivity index is 4.21. The molecule has 0 fully saturated rings. The number of hydrogen-bond donors (Lipinski definition) is 2. The molecule has 0 aromatic heterocycles. The lowest BCUT2D eigenvalue weighted by atomic mass is 10.1. The summed E-state index contributed by atoms with van der Waals surface area (Å²) in [5, 5.41) is 4.87. The van der Waals surface area contributed by atoms with E-state index in [4.69, 9.17) is 0 Å². The molecular weight excluding hydrogens is 230 g/mol. The highest BCUT2D eigenvalue weighted by Gasteiger charge is 2.15. The molecule has 5 heteroatoms. The molecule has 0 aliphatic carbocycles. The molecule has 18 heavy (non-hydrogen) atoms. The third kappa shape index (κ3) is 8.98. The molecule has 2 N–H and O–H groups in total. The van der Waals surface area contributed by atoms with Crippen molar-refractivity contribution in [2.24, 2.45) is 11.8 Å². The molecule has 0 rings (SSSR count). The Hall–Kier alpha value is -1.10. The van der Waals surface area contributed by atoms with Crippen molar-refractivity contribution in [3.63, 3.8) is 0 Å². The van der Waals surface area contributed by atoms with Crippen LogP contribution >= 0.6 is 0 Å². The maximum absolute atomic E-state index is 11.7. The van der Waals surface area contributed by atoms with Crippen molar-refractivity contribution in [3.8, 4) is 0 Å². The number of nitrogens with zero attached hydrogens (tertiary/aromatic N) is 1. The van der Waals surface area contributed by atoms with Gasteiger partial charge in [-0.2, -0.15) is 0 Å². The van der Waals surface area contributed by atoms with Crippen LogP contribution in [0.15, 0.2) is 0 Å². The summed E-state index contributed by atoms with van der Waals surface area (Å²) in [4.78, 5) is 25.0. The van der Waals surface area contributed by atoms with Crippen LogP contribution in [0.1, 0.15) is 34.6 Å². The summed E-state index contributed by atoms with van der Waals surface area (Å²) in [6.07, 6.45) is 0. The fourth-order valence-electron chi connectivity index (χ4n) is 1.81. The fourth-order valence-corrected chi connectivity index (χ4v) is 1.81. The summed E-state index contributed by atoms with van der Waals surface area (Å²) in [5.74, 6) is 0.754. The van der Waals surface area contributed by atoms with Gasteiger partial charge in [0.25, 0.3) is 0 Å². The Morgan fingerprint density at radius 3 is 1.94 bits per heavy atom. The lowest BCUT2D eigenvalue weighted by molar-refractivity contribution is -0.121. The molecule has 5 nitrogen and oxygen atoms in total. The highest BCUT2D eigenvalue weighted by Crippen LogP contribution is 2.03. The van der Waals surface area contributed by atoms with Crippen molar-refractivity contribution >= 4 is 11.9 Å². The van der Waals surface area contributed by atoms with Crippen molar-refractivity contribution in [2.75, 3.05) is 26.2 Å². The van der Waals surface area contributed by atoms with Gasteiger partial charge in [0.05, 0.1) is 6.54 Å². The zero-order valence-corrected chi connectivity index (χ0v) is 12.2. The molecule has 0 heterocycles. The monoisotopic (exact) mass is 257 g/mol. The summed E-state index contributed by atoms with van der Waals surface area (Å²) in [5.41, 5.74) is 0. The van der Waals surface area contributed by atoms with Crippen molar-refractivity contribution < 1.29 is 9.59 Å². The average molecular weight is 257 g/mol. The van der Waals surface area contributed by atoms with Gasteiger partial charge >= 0.3 is 6.03 Å². The molecule has 0 saturated carbocycles. The van der Waals surface area contributed by atoms with Gasteiger partial charge in [0.2, 0.25) is 5.91 Å². The van der Waals surface area contributed by atoms with Crippen LogP contribution in [-0.2, 0) is 4.79 Å². The minimum Gasteiger partial charge on any atom is -0.338 e. The van der Waals surface area contributed by atoms with E-state index in [2.05, 4.69) is 43.2 Å². The van der Waals surface area contributed by atoms with E-state index >= 15 is 0 Å². The summed E-state index contributed by atoms with van der Waals surface area (Å²) < 4.78 is 0. The first-order valence-corrected chi connectivity index (χ1v) is 6.65. The molecule has 106 valence electrons. The number of carbonyl (C=O) groups is 2. The summed E-state index contributed by atoms with van der Waals surface area (Å²) >= 11 is 0. The van der Waals surface area contributed by atoms with E-state index in [1.54, 1.807) is 0 Å². The summed E-state index contributed by atoms with van der Waals surface area (Å²) in [6.45, 7) is 12.8. The highest BCUT2D eigenvalue weighted by atomic mass is 16.2. The van der Waals surface area contributed by atoms with E-state index in [-0.39, 0.29) is 12.5 Å². The normalized spacial score (nSPS) is 11.1. The largest absolute Gasteiger partial charge is 0.338 e. The third-order valence-electron chi connectivity index (χ3n) is 2.20. The van der Waals surface area contributed by atoms with Crippen LogP contribution in [-0.4, -0.2) is 43.0 Å². The molecule has 0 bridgehead atoms. The van der Waals surface area contributed by atoms with E-state index in [1.165, 1.54) is 0 Å². The number of imide groups is 1. The topological polar surface area (TPSA) is 61.4 Å². The van der Waals surface area contributed by atoms with Crippen LogP contribution in [0.25, 0.3) is 0 Å². The molecule has 0 aromatic carbocycles. The van der Waals surface area contributed by atoms with E-state index in [1.807, 2.05) is 6.92 Å². The van der Waals surface area contributed by atoms with E-state index in [9.17, 15) is 9.59 Å². The molecule has 0 radical (unpaired) electrons. The molecule has 0 unspecified atom stereocenters. The number of nitrogens with one attached hydrogen (secondary N) is 2. The first-order chi connectivity index (χ1) is 8.35. The molecular formula is C13H27N3O2.